The van der Waals surface area contributed by atoms with Crippen molar-refractivity contribution in [3.8, 4) is 0 Å². The van der Waals surface area contributed by atoms with E-state index < -0.39 is 5.54 Å². The molecular weight excluding hydrogens is 211 g/mol. The molecule has 72 valence electrons. The number of pyridine rings is 1. The molecule has 1 rings (SSSR count). The molecule has 0 aromatic carbocycles. The van der Waals surface area contributed by atoms with Gasteiger partial charge in [-0.1, -0.05) is 23.2 Å². The summed E-state index contributed by atoms with van der Waals surface area (Å²) >= 11 is 11.4. The Morgan fingerprint density at radius 3 is 2.31 bits per heavy atom. The van der Waals surface area contributed by atoms with Crippen LogP contribution in [0.15, 0.2) is 12.1 Å². The van der Waals surface area contributed by atoms with Gasteiger partial charge in [0, 0.05) is 0 Å². The van der Waals surface area contributed by atoms with Gasteiger partial charge in [-0.2, -0.15) is 0 Å². The molecule has 13 heavy (non-hydrogen) atoms. The lowest BCUT2D eigenvalue weighted by atomic mass is 9.95. The molecule has 0 saturated carbocycles. The quantitative estimate of drug-likeness (QED) is 0.745. The number of aliphatic hydroxyl groups is 1. The van der Waals surface area contributed by atoms with Gasteiger partial charge in [0.25, 0.3) is 0 Å². The molecule has 1 atom stereocenters. The van der Waals surface area contributed by atoms with Crippen LogP contribution in [0.5, 0.6) is 0 Å². The first-order valence-corrected chi connectivity index (χ1v) is 4.44. The van der Waals surface area contributed by atoms with Crippen molar-refractivity contribution in [3.05, 3.63) is 28.0 Å². The highest BCUT2D eigenvalue weighted by molar-refractivity contribution is 6.32. The van der Waals surface area contributed by atoms with Crippen molar-refractivity contribution in [2.75, 3.05) is 6.61 Å². The Morgan fingerprint density at radius 2 is 1.92 bits per heavy atom. The third-order valence-electron chi connectivity index (χ3n) is 1.75. The van der Waals surface area contributed by atoms with Crippen LogP contribution in [0, 0.1) is 0 Å². The minimum Gasteiger partial charge on any atom is -0.394 e. The van der Waals surface area contributed by atoms with Crippen molar-refractivity contribution in [3.63, 3.8) is 0 Å². The fourth-order valence-corrected chi connectivity index (χ4v) is 1.35. The third kappa shape index (κ3) is 2.54. The van der Waals surface area contributed by atoms with E-state index in [0.29, 0.717) is 5.56 Å². The molecule has 5 heteroatoms. The molecule has 0 aliphatic carbocycles. The van der Waals surface area contributed by atoms with E-state index in [1.54, 1.807) is 19.1 Å². The van der Waals surface area contributed by atoms with Crippen LogP contribution in [0.4, 0.5) is 0 Å². The summed E-state index contributed by atoms with van der Waals surface area (Å²) < 4.78 is 0. The molecule has 3 N–H and O–H groups in total. The standard InChI is InChI=1S/C8H10Cl2N2O/c1-8(11,4-13)5-2-6(9)12-7(10)3-5/h2-3,13H,4,11H2,1H3/t8-/m1/s1. The van der Waals surface area contributed by atoms with E-state index in [4.69, 9.17) is 34.0 Å². The third-order valence-corrected chi connectivity index (χ3v) is 2.14. The van der Waals surface area contributed by atoms with Gasteiger partial charge in [-0.05, 0) is 24.6 Å². The van der Waals surface area contributed by atoms with Gasteiger partial charge in [0.05, 0.1) is 12.1 Å². The molecule has 1 aromatic rings. The van der Waals surface area contributed by atoms with Gasteiger partial charge in [-0.25, -0.2) is 4.98 Å². The lowest BCUT2D eigenvalue weighted by molar-refractivity contribution is 0.210. The van der Waals surface area contributed by atoms with Crippen LogP contribution in [0.25, 0.3) is 0 Å². The maximum absolute atomic E-state index is 9.00. The largest absolute Gasteiger partial charge is 0.394 e. The average molecular weight is 221 g/mol. The molecule has 0 bridgehead atoms. The maximum Gasteiger partial charge on any atom is 0.131 e. The van der Waals surface area contributed by atoms with Crippen molar-refractivity contribution < 1.29 is 5.11 Å². The topological polar surface area (TPSA) is 59.1 Å². The molecule has 0 fully saturated rings. The normalized spacial score (nSPS) is 15.5. The Kier molecular flexibility index (Phi) is 3.14. The highest BCUT2D eigenvalue weighted by Gasteiger charge is 2.21. The van der Waals surface area contributed by atoms with E-state index in [2.05, 4.69) is 4.98 Å². The van der Waals surface area contributed by atoms with Gasteiger partial charge in [-0.3, -0.25) is 0 Å². The second-order valence-electron chi connectivity index (χ2n) is 3.08. The fourth-order valence-electron chi connectivity index (χ4n) is 0.886. The summed E-state index contributed by atoms with van der Waals surface area (Å²) in [4.78, 5) is 3.78. The second kappa shape index (κ2) is 3.80. The molecule has 0 amide bonds. The van der Waals surface area contributed by atoms with Gasteiger partial charge in [-0.15, -0.1) is 0 Å². The Labute approximate surface area is 86.5 Å². The molecule has 1 aromatic heterocycles. The van der Waals surface area contributed by atoms with Crippen molar-refractivity contribution in [2.24, 2.45) is 5.73 Å². The van der Waals surface area contributed by atoms with Crippen molar-refractivity contribution >= 4 is 23.2 Å². The zero-order valence-corrected chi connectivity index (χ0v) is 8.60. The van der Waals surface area contributed by atoms with E-state index in [1.165, 1.54) is 0 Å². The molecule has 0 spiro atoms. The summed E-state index contributed by atoms with van der Waals surface area (Å²) in [6.07, 6.45) is 0. The predicted molar refractivity (Wildman–Crippen MR) is 52.9 cm³/mol. The molecule has 0 aliphatic rings. The molecule has 0 radical (unpaired) electrons. The minimum absolute atomic E-state index is 0.177. The SMILES string of the molecule is C[C@@](N)(CO)c1cc(Cl)nc(Cl)c1. The first-order valence-electron chi connectivity index (χ1n) is 3.69. The van der Waals surface area contributed by atoms with Crippen LogP contribution in [0.3, 0.4) is 0 Å². The maximum atomic E-state index is 9.00. The van der Waals surface area contributed by atoms with E-state index in [9.17, 15) is 0 Å². The number of nitrogens with two attached hydrogens (primary N) is 1. The summed E-state index contributed by atoms with van der Waals surface area (Å²) in [5, 5.41) is 9.54. The molecule has 3 nitrogen and oxygen atoms in total. The monoisotopic (exact) mass is 220 g/mol. The summed E-state index contributed by atoms with van der Waals surface area (Å²) in [6.45, 7) is 1.51. The van der Waals surface area contributed by atoms with Gasteiger partial charge in [0.1, 0.15) is 10.3 Å². The average Bonchev–Trinajstić information content (AvgIpc) is 2.02. The molecular formula is C8H10Cl2N2O. The van der Waals surface area contributed by atoms with E-state index >= 15 is 0 Å². The van der Waals surface area contributed by atoms with Gasteiger partial charge in [0.15, 0.2) is 0 Å². The van der Waals surface area contributed by atoms with Crippen LogP contribution in [-0.2, 0) is 5.54 Å². The molecule has 0 saturated heterocycles. The van der Waals surface area contributed by atoms with Gasteiger partial charge < -0.3 is 10.8 Å². The van der Waals surface area contributed by atoms with Crippen molar-refractivity contribution in [1.29, 1.82) is 0 Å². The summed E-state index contributed by atoms with van der Waals surface area (Å²) in [5.41, 5.74) is 5.61. The summed E-state index contributed by atoms with van der Waals surface area (Å²) in [7, 11) is 0. The lowest BCUT2D eigenvalue weighted by Gasteiger charge is -2.22. The molecule has 0 unspecified atom stereocenters. The first-order chi connectivity index (χ1) is 5.95. The molecule has 0 aliphatic heterocycles. The van der Waals surface area contributed by atoms with Crippen LogP contribution in [0.2, 0.25) is 10.3 Å². The van der Waals surface area contributed by atoms with E-state index in [-0.39, 0.29) is 16.9 Å². The number of nitrogens with zero attached hydrogens (tertiary/aromatic N) is 1. The number of aliphatic hydroxyl groups excluding tert-OH is 1. The van der Waals surface area contributed by atoms with E-state index in [0.717, 1.165) is 0 Å². The minimum atomic E-state index is -0.837. The van der Waals surface area contributed by atoms with Crippen molar-refractivity contribution in [1.82, 2.24) is 4.98 Å². The zero-order valence-electron chi connectivity index (χ0n) is 7.09. The number of halogens is 2. The number of hydrogen-bond donors (Lipinski definition) is 2. The second-order valence-corrected chi connectivity index (χ2v) is 3.85. The Balaban J connectivity index is 3.15. The fraction of sp³-hybridized carbons (Fsp3) is 0.375. The summed E-state index contributed by atoms with van der Waals surface area (Å²) in [5.74, 6) is 0. The van der Waals surface area contributed by atoms with Crippen LogP contribution < -0.4 is 5.73 Å². The van der Waals surface area contributed by atoms with Crippen LogP contribution in [-0.4, -0.2) is 16.7 Å². The first kappa shape index (κ1) is 10.7. The Morgan fingerprint density at radius 1 is 1.46 bits per heavy atom. The summed E-state index contributed by atoms with van der Waals surface area (Å²) in [6, 6.07) is 3.17. The zero-order chi connectivity index (χ0) is 10.1. The van der Waals surface area contributed by atoms with Gasteiger partial charge >= 0.3 is 0 Å². The predicted octanol–water partition coefficient (Wildman–Crippen LogP) is 1.55. The lowest BCUT2D eigenvalue weighted by Crippen LogP contribution is -2.36. The van der Waals surface area contributed by atoms with Crippen LogP contribution >= 0.6 is 23.2 Å². The highest BCUT2D eigenvalue weighted by atomic mass is 35.5. The Bertz CT molecular complexity index is 295. The van der Waals surface area contributed by atoms with E-state index in [1.807, 2.05) is 0 Å². The Hall–Kier alpha value is -0.350. The number of hydrogen-bond acceptors (Lipinski definition) is 3. The van der Waals surface area contributed by atoms with Crippen molar-refractivity contribution in [2.45, 2.75) is 12.5 Å². The number of rotatable bonds is 2. The van der Waals surface area contributed by atoms with Crippen LogP contribution in [0.1, 0.15) is 12.5 Å². The van der Waals surface area contributed by atoms with Gasteiger partial charge in [0.2, 0.25) is 0 Å². The highest BCUT2D eigenvalue weighted by Crippen LogP contribution is 2.22. The smallest absolute Gasteiger partial charge is 0.131 e. The number of aromatic nitrogens is 1. The molecule has 1 heterocycles.